The van der Waals surface area contributed by atoms with Crippen LogP contribution in [0.3, 0.4) is 0 Å². The minimum Gasteiger partial charge on any atom is -0.347 e. The van der Waals surface area contributed by atoms with E-state index in [1.165, 1.54) is 29.5 Å². The highest BCUT2D eigenvalue weighted by Crippen LogP contribution is 2.16. The van der Waals surface area contributed by atoms with Gasteiger partial charge in [0.1, 0.15) is 5.82 Å². The minimum absolute atomic E-state index is 0.0512. The van der Waals surface area contributed by atoms with Gasteiger partial charge >= 0.3 is 0 Å². The smallest absolute Gasteiger partial charge is 0.254 e. The Balaban J connectivity index is 2.08. The first-order chi connectivity index (χ1) is 8.58. The van der Waals surface area contributed by atoms with Crippen molar-refractivity contribution in [2.75, 3.05) is 0 Å². The van der Waals surface area contributed by atoms with E-state index in [-0.39, 0.29) is 5.56 Å². The maximum atomic E-state index is 13.4. The maximum Gasteiger partial charge on any atom is 0.254 e. The zero-order chi connectivity index (χ0) is 13.1. The molecular weight excluding hydrogens is 275 g/mol. The van der Waals surface area contributed by atoms with Crippen LogP contribution in [-0.2, 0) is 6.54 Å². The molecule has 3 nitrogen and oxygen atoms in total. The lowest BCUT2D eigenvalue weighted by molar-refractivity contribution is 0.0947. The number of nitrogens with zero attached hydrogens (tertiary/aromatic N) is 1. The van der Waals surface area contributed by atoms with Gasteiger partial charge in [0.25, 0.3) is 5.91 Å². The molecule has 0 saturated carbocycles. The number of carbonyl (C=O) groups is 1. The molecule has 0 bridgehead atoms. The van der Waals surface area contributed by atoms with Crippen molar-refractivity contribution in [2.45, 2.75) is 13.5 Å². The molecule has 0 fully saturated rings. The summed E-state index contributed by atoms with van der Waals surface area (Å²) in [4.78, 5) is 16.8. The van der Waals surface area contributed by atoms with Crippen molar-refractivity contribution < 1.29 is 9.18 Å². The van der Waals surface area contributed by atoms with Crippen molar-refractivity contribution in [3.63, 3.8) is 0 Å². The lowest BCUT2D eigenvalue weighted by Gasteiger charge is -2.05. The summed E-state index contributed by atoms with van der Waals surface area (Å²) in [5.74, 6) is -1.07. The van der Waals surface area contributed by atoms with Crippen LogP contribution in [0.4, 0.5) is 4.39 Å². The Morgan fingerprint density at radius 3 is 3.00 bits per heavy atom. The van der Waals surface area contributed by atoms with Gasteiger partial charge in [-0.25, -0.2) is 9.37 Å². The third-order valence-electron chi connectivity index (χ3n) is 2.43. The number of nitrogens with one attached hydrogen (secondary N) is 1. The highest BCUT2D eigenvalue weighted by atomic mass is 35.5. The molecule has 1 heterocycles. The molecule has 0 radical (unpaired) electrons. The van der Waals surface area contributed by atoms with Crippen molar-refractivity contribution >= 4 is 28.8 Å². The standard InChI is InChI=1S/C12H10ClFN2OS/c1-7-11(18-6-16-7)5-15-12(17)9-4-8(13)2-3-10(9)14/h2-4,6H,5H2,1H3,(H,15,17). The Morgan fingerprint density at radius 2 is 2.33 bits per heavy atom. The predicted molar refractivity (Wildman–Crippen MR) is 69.4 cm³/mol. The highest BCUT2D eigenvalue weighted by molar-refractivity contribution is 7.09. The quantitative estimate of drug-likeness (QED) is 0.940. The SMILES string of the molecule is Cc1ncsc1CNC(=O)c1cc(Cl)ccc1F. The molecule has 1 N–H and O–H groups in total. The van der Waals surface area contributed by atoms with Crippen LogP contribution >= 0.6 is 22.9 Å². The van der Waals surface area contributed by atoms with E-state index in [1.54, 1.807) is 5.51 Å². The van der Waals surface area contributed by atoms with E-state index >= 15 is 0 Å². The van der Waals surface area contributed by atoms with Gasteiger partial charge in [-0.2, -0.15) is 0 Å². The van der Waals surface area contributed by atoms with Crippen LogP contribution in [0, 0.1) is 12.7 Å². The largest absolute Gasteiger partial charge is 0.347 e. The fourth-order valence-corrected chi connectivity index (χ4v) is 2.31. The molecule has 0 aliphatic carbocycles. The van der Waals surface area contributed by atoms with Gasteiger partial charge in [-0.15, -0.1) is 11.3 Å². The summed E-state index contributed by atoms with van der Waals surface area (Å²) in [6.07, 6.45) is 0. The molecule has 1 aromatic heterocycles. The van der Waals surface area contributed by atoms with Crippen LogP contribution in [0.25, 0.3) is 0 Å². The lowest BCUT2D eigenvalue weighted by Crippen LogP contribution is -2.23. The predicted octanol–water partition coefficient (Wildman–Crippen LogP) is 3.17. The number of rotatable bonds is 3. The van der Waals surface area contributed by atoms with Crippen LogP contribution in [0.2, 0.25) is 5.02 Å². The second-order valence-electron chi connectivity index (χ2n) is 3.67. The van der Waals surface area contributed by atoms with Gasteiger partial charge in [0.05, 0.1) is 23.3 Å². The van der Waals surface area contributed by atoms with Crippen molar-refractivity contribution in [1.82, 2.24) is 10.3 Å². The van der Waals surface area contributed by atoms with Crippen LogP contribution < -0.4 is 5.32 Å². The van der Waals surface area contributed by atoms with Crippen molar-refractivity contribution in [1.29, 1.82) is 0 Å². The molecule has 18 heavy (non-hydrogen) atoms. The lowest BCUT2D eigenvalue weighted by atomic mass is 10.2. The number of carbonyl (C=O) groups excluding carboxylic acids is 1. The Bertz CT molecular complexity index is 585. The molecule has 0 aliphatic rings. The van der Waals surface area contributed by atoms with Crippen LogP contribution in [0.5, 0.6) is 0 Å². The third-order valence-corrected chi connectivity index (χ3v) is 3.60. The molecule has 0 saturated heterocycles. The van der Waals surface area contributed by atoms with Gasteiger partial charge in [-0.1, -0.05) is 11.6 Å². The van der Waals surface area contributed by atoms with E-state index in [2.05, 4.69) is 10.3 Å². The molecule has 2 rings (SSSR count). The first-order valence-corrected chi connectivity index (χ1v) is 6.46. The zero-order valence-electron chi connectivity index (χ0n) is 9.54. The number of thiazole rings is 1. The zero-order valence-corrected chi connectivity index (χ0v) is 11.1. The van der Waals surface area contributed by atoms with E-state index < -0.39 is 11.7 Å². The summed E-state index contributed by atoms with van der Waals surface area (Å²) in [7, 11) is 0. The Morgan fingerprint density at radius 1 is 1.56 bits per heavy atom. The maximum absolute atomic E-state index is 13.4. The molecule has 0 unspecified atom stereocenters. The second-order valence-corrected chi connectivity index (χ2v) is 5.04. The number of aryl methyl sites for hydroxylation is 1. The molecule has 1 amide bonds. The number of halogens is 2. The fraction of sp³-hybridized carbons (Fsp3) is 0.167. The van der Waals surface area contributed by atoms with Crippen molar-refractivity contribution in [3.8, 4) is 0 Å². The topological polar surface area (TPSA) is 42.0 Å². The van der Waals surface area contributed by atoms with Crippen LogP contribution in [0.15, 0.2) is 23.7 Å². The van der Waals surface area contributed by atoms with Gasteiger partial charge in [0, 0.05) is 9.90 Å². The number of benzene rings is 1. The molecule has 0 aliphatic heterocycles. The Kier molecular flexibility index (Phi) is 3.93. The number of hydrogen-bond acceptors (Lipinski definition) is 3. The molecular formula is C12H10ClFN2OS. The highest BCUT2D eigenvalue weighted by Gasteiger charge is 2.12. The summed E-state index contributed by atoms with van der Waals surface area (Å²) in [5.41, 5.74) is 2.52. The Hall–Kier alpha value is -1.46. The summed E-state index contributed by atoms with van der Waals surface area (Å²) < 4.78 is 13.4. The summed E-state index contributed by atoms with van der Waals surface area (Å²) in [6, 6.07) is 3.89. The van der Waals surface area contributed by atoms with Crippen LogP contribution in [0.1, 0.15) is 20.9 Å². The number of amides is 1. The molecule has 2 aromatic rings. The van der Waals surface area contributed by atoms with Crippen molar-refractivity contribution in [2.24, 2.45) is 0 Å². The molecule has 0 spiro atoms. The van der Waals surface area contributed by atoms with Crippen molar-refractivity contribution in [3.05, 3.63) is 50.7 Å². The normalized spacial score (nSPS) is 10.4. The third kappa shape index (κ3) is 2.86. The van der Waals surface area contributed by atoms with Crippen LogP contribution in [-0.4, -0.2) is 10.9 Å². The molecule has 1 aromatic carbocycles. The van der Waals surface area contributed by atoms with Gasteiger partial charge in [-0.3, -0.25) is 4.79 Å². The summed E-state index contributed by atoms with van der Waals surface area (Å²) in [5, 5.41) is 2.97. The first kappa shape index (κ1) is 13.0. The fourth-order valence-electron chi connectivity index (χ4n) is 1.42. The Labute approximate surface area is 113 Å². The van der Waals surface area contributed by atoms with E-state index in [9.17, 15) is 9.18 Å². The van der Waals surface area contributed by atoms with E-state index in [0.717, 1.165) is 10.6 Å². The average molecular weight is 285 g/mol. The number of hydrogen-bond donors (Lipinski definition) is 1. The van der Waals surface area contributed by atoms with Gasteiger partial charge < -0.3 is 5.32 Å². The first-order valence-electron chi connectivity index (χ1n) is 5.20. The molecule has 0 atom stereocenters. The van der Waals surface area contributed by atoms with E-state index in [1.807, 2.05) is 6.92 Å². The summed E-state index contributed by atoms with van der Waals surface area (Å²) >= 11 is 7.18. The van der Waals surface area contributed by atoms with Gasteiger partial charge in [0.2, 0.25) is 0 Å². The van der Waals surface area contributed by atoms with E-state index in [0.29, 0.717) is 11.6 Å². The number of aromatic nitrogens is 1. The molecule has 6 heteroatoms. The second kappa shape index (κ2) is 5.46. The monoisotopic (exact) mass is 284 g/mol. The minimum atomic E-state index is -0.585. The van der Waals surface area contributed by atoms with Gasteiger partial charge in [-0.05, 0) is 25.1 Å². The van der Waals surface area contributed by atoms with Gasteiger partial charge in [0.15, 0.2) is 0 Å². The van der Waals surface area contributed by atoms with E-state index in [4.69, 9.17) is 11.6 Å². The molecule has 94 valence electrons. The summed E-state index contributed by atoms with van der Waals surface area (Å²) in [6.45, 7) is 2.19. The average Bonchev–Trinajstić information content (AvgIpc) is 2.75.